The highest BCUT2D eigenvalue weighted by Crippen LogP contribution is 2.35. The summed E-state index contributed by atoms with van der Waals surface area (Å²) in [6.45, 7) is -0.485. The number of benzene rings is 2. The Balaban J connectivity index is 2.04. The summed E-state index contributed by atoms with van der Waals surface area (Å²) < 4.78 is 64.7. The number of alkyl halides is 3. The van der Waals surface area contributed by atoms with Gasteiger partial charge in [-0.3, -0.25) is 4.79 Å². The van der Waals surface area contributed by atoms with Crippen LogP contribution in [0.15, 0.2) is 42.5 Å². The third-order valence-corrected chi connectivity index (χ3v) is 4.30. The summed E-state index contributed by atoms with van der Waals surface area (Å²) in [5.74, 6) is -0.827. The van der Waals surface area contributed by atoms with Gasteiger partial charge in [0.05, 0.1) is 32.1 Å². The smallest absolute Gasteiger partial charge is 0.416 e. The third kappa shape index (κ3) is 7.69. The molecule has 0 saturated heterocycles. The normalized spacial score (nSPS) is 11.2. The number of amides is 1. The summed E-state index contributed by atoms with van der Waals surface area (Å²) in [5.41, 5.74) is -0.664. The van der Waals surface area contributed by atoms with Crippen molar-refractivity contribution in [2.45, 2.75) is 6.18 Å². The van der Waals surface area contributed by atoms with Crippen molar-refractivity contribution in [2.24, 2.45) is 0 Å². The van der Waals surface area contributed by atoms with Crippen molar-refractivity contribution >= 4 is 23.6 Å². The third-order valence-electron chi connectivity index (χ3n) is 4.30. The molecule has 1 N–H and O–H groups in total. The lowest BCUT2D eigenvalue weighted by atomic mass is 10.1. The van der Waals surface area contributed by atoms with Gasteiger partial charge in [0, 0.05) is 18.7 Å². The molecule has 2 rings (SSSR count). The summed E-state index contributed by atoms with van der Waals surface area (Å²) in [6.07, 6.45) is -2.13. The van der Waals surface area contributed by atoms with Gasteiger partial charge >= 0.3 is 12.1 Å². The lowest BCUT2D eigenvalue weighted by Gasteiger charge is -2.15. The van der Waals surface area contributed by atoms with Gasteiger partial charge in [0.2, 0.25) is 0 Å². The van der Waals surface area contributed by atoms with Crippen molar-refractivity contribution in [1.82, 2.24) is 0 Å². The molecule has 0 aromatic heterocycles. The van der Waals surface area contributed by atoms with Gasteiger partial charge in [-0.1, -0.05) is 12.1 Å². The first-order valence-corrected chi connectivity index (χ1v) is 9.88. The van der Waals surface area contributed by atoms with Crippen molar-refractivity contribution in [3.8, 4) is 17.2 Å². The van der Waals surface area contributed by atoms with Crippen LogP contribution >= 0.6 is 0 Å². The van der Waals surface area contributed by atoms with E-state index < -0.39 is 30.2 Å². The number of para-hydroxylation sites is 1. The lowest BCUT2D eigenvalue weighted by Crippen LogP contribution is -2.21. The minimum absolute atomic E-state index is 0.00902. The van der Waals surface area contributed by atoms with Crippen LogP contribution in [-0.4, -0.2) is 53.0 Å². The van der Waals surface area contributed by atoms with Crippen LogP contribution in [0.1, 0.15) is 11.1 Å². The van der Waals surface area contributed by atoms with Gasteiger partial charge in [0.15, 0.2) is 18.1 Å². The predicted octanol–water partition coefficient (Wildman–Crippen LogP) is 3.94. The molecule has 0 bridgehead atoms. The highest BCUT2D eigenvalue weighted by Gasteiger charge is 2.31. The van der Waals surface area contributed by atoms with Gasteiger partial charge in [0.1, 0.15) is 12.4 Å². The fourth-order valence-electron chi connectivity index (χ4n) is 2.74. The van der Waals surface area contributed by atoms with Crippen LogP contribution in [0.2, 0.25) is 0 Å². The molecule has 2 aromatic rings. The monoisotopic (exact) mass is 483 g/mol. The topological polar surface area (TPSA) is 92.3 Å². The Morgan fingerprint density at radius 2 is 1.76 bits per heavy atom. The van der Waals surface area contributed by atoms with Crippen LogP contribution in [-0.2, 0) is 25.2 Å². The van der Waals surface area contributed by atoms with Gasteiger partial charge in [0.25, 0.3) is 5.91 Å². The standard InChI is InChI=1S/C23H24F3NO7/c1-30-11-12-33-18-9-8-16(23(24,25)26)13-17(18)27-20(28)14-34-21(29)10-7-15-5-4-6-19(31-2)22(15)32-3/h4-10,13H,11-12,14H2,1-3H3,(H,27,28)/b10-7+. The van der Waals surface area contributed by atoms with E-state index in [0.717, 1.165) is 24.3 Å². The van der Waals surface area contributed by atoms with Crippen LogP contribution in [0, 0.1) is 0 Å². The SMILES string of the molecule is COCCOc1ccc(C(F)(F)F)cc1NC(=O)COC(=O)/C=C/c1cccc(OC)c1OC. The number of ether oxygens (including phenoxy) is 5. The molecule has 34 heavy (non-hydrogen) atoms. The molecule has 0 aliphatic carbocycles. The first kappa shape index (κ1) is 26.5. The minimum Gasteiger partial charge on any atom is -0.493 e. The number of rotatable bonds is 11. The molecular weight excluding hydrogens is 459 g/mol. The maximum absolute atomic E-state index is 13.1. The lowest BCUT2D eigenvalue weighted by molar-refractivity contribution is -0.142. The van der Waals surface area contributed by atoms with Gasteiger partial charge in [-0.15, -0.1) is 0 Å². The van der Waals surface area contributed by atoms with Gasteiger partial charge in [-0.2, -0.15) is 13.2 Å². The van der Waals surface area contributed by atoms with Crippen molar-refractivity contribution in [1.29, 1.82) is 0 Å². The summed E-state index contributed by atoms with van der Waals surface area (Å²) in [7, 11) is 4.35. The molecule has 8 nitrogen and oxygen atoms in total. The van der Waals surface area contributed by atoms with E-state index in [-0.39, 0.29) is 24.7 Å². The van der Waals surface area contributed by atoms with Crippen LogP contribution < -0.4 is 19.5 Å². The van der Waals surface area contributed by atoms with Crippen molar-refractivity contribution in [3.63, 3.8) is 0 Å². The molecule has 0 aliphatic heterocycles. The summed E-state index contributed by atoms with van der Waals surface area (Å²) in [5, 5.41) is 2.27. The number of carbonyl (C=O) groups excluding carboxylic acids is 2. The van der Waals surface area contributed by atoms with Crippen LogP contribution in [0.3, 0.4) is 0 Å². The zero-order valence-corrected chi connectivity index (χ0v) is 18.7. The molecule has 184 valence electrons. The number of carbonyl (C=O) groups is 2. The van der Waals surface area contributed by atoms with Gasteiger partial charge in [-0.25, -0.2) is 4.79 Å². The maximum Gasteiger partial charge on any atom is 0.416 e. The molecular formula is C23H24F3NO7. The fourth-order valence-corrected chi connectivity index (χ4v) is 2.74. The first-order chi connectivity index (χ1) is 16.2. The Hall–Kier alpha value is -3.73. The van der Waals surface area contributed by atoms with Crippen molar-refractivity contribution in [3.05, 3.63) is 53.6 Å². The molecule has 1 amide bonds. The highest BCUT2D eigenvalue weighted by atomic mass is 19.4. The number of esters is 1. The van der Waals surface area contributed by atoms with E-state index in [0.29, 0.717) is 17.1 Å². The Morgan fingerprint density at radius 1 is 1.00 bits per heavy atom. The molecule has 0 fully saturated rings. The average Bonchev–Trinajstić information content (AvgIpc) is 2.81. The number of methoxy groups -OCH3 is 3. The molecule has 0 heterocycles. The Labute approximate surface area is 194 Å². The van der Waals surface area contributed by atoms with Gasteiger partial charge in [-0.05, 0) is 30.3 Å². The molecule has 0 radical (unpaired) electrons. The molecule has 0 unspecified atom stereocenters. The summed E-state index contributed by atoms with van der Waals surface area (Å²) in [4.78, 5) is 24.2. The van der Waals surface area contributed by atoms with E-state index in [1.807, 2.05) is 0 Å². The second-order valence-electron chi connectivity index (χ2n) is 6.62. The molecule has 0 saturated carbocycles. The second kappa shape index (κ2) is 12.5. The highest BCUT2D eigenvalue weighted by molar-refractivity contribution is 5.95. The molecule has 0 atom stereocenters. The Morgan fingerprint density at radius 3 is 2.41 bits per heavy atom. The van der Waals surface area contributed by atoms with E-state index in [9.17, 15) is 22.8 Å². The van der Waals surface area contributed by atoms with E-state index in [2.05, 4.69) is 5.32 Å². The quantitative estimate of drug-likeness (QED) is 0.294. The number of halogens is 3. The number of hydrogen-bond donors (Lipinski definition) is 1. The number of nitrogens with one attached hydrogen (secondary N) is 1. The summed E-state index contributed by atoms with van der Waals surface area (Å²) in [6, 6.07) is 7.70. The number of hydrogen-bond acceptors (Lipinski definition) is 7. The van der Waals surface area contributed by atoms with Crippen molar-refractivity contribution < 1.29 is 46.4 Å². The molecule has 11 heteroatoms. The minimum atomic E-state index is -4.62. The van der Waals surface area contributed by atoms with Crippen molar-refractivity contribution in [2.75, 3.05) is 46.5 Å². The first-order valence-electron chi connectivity index (χ1n) is 9.88. The van der Waals surface area contributed by atoms with E-state index >= 15 is 0 Å². The Bertz CT molecular complexity index is 1020. The van der Waals surface area contributed by atoms with Crippen LogP contribution in [0.4, 0.5) is 18.9 Å². The summed E-state index contributed by atoms with van der Waals surface area (Å²) >= 11 is 0. The van der Waals surface area contributed by atoms with Crippen LogP contribution in [0.25, 0.3) is 6.08 Å². The molecule has 2 aromatic carbocycles. The second-order valence-corrected chi connectivity index (χ2v) is 6.62. The van der Waals surface area contributed by atoms with E-state index in [1.165, 1.54) is 27.4 Å². The predicted molar refractivity (Wildman–Crippen MR) is 117 cm³/mol. The molecule has 0 spiro atoms. The number of anilines is 1. The largest absolute Gasteiger partial charge is 0.493 e. The Kier molecular flexibility index (Phi) is 9.75. The average molecular weight is 483 g/mol. The van der Waals surface area contributed by atoms with Gasteiger partial charge < -0.3 is 29.0 Å². The zero-order chi connectivity index (χ0) is 25.1. The van der Waals surface area contributed by atoms with Crippen LogP contribution in [0.5, 0.6) is 17.2 Å². The molecule has 0 aliphatic rings. The van der Waals surface area contributed by atoms with E-state index in [1.54, 1.807) is 18.2 Å². The fraction of sp³-hybridized carbons (Fsp3) is 0.304. The van der Waals surface area contributed by atoms with E-state index in [4.69, 9.17) is 23.7 Å². The zero-order valence-electron chi connectivity index (χ0n) is 18.7. The maximum atomic E-state index is 13.1.